The normalized spacial score (nSPS) is 25.5. The summed E-state index contributed by atoms with van der Waals surface area (Å²) in [4.78, 5) is 52.0. The third-order valence-corrected chi connectivity index (χ3v) is 11.1. The number of nitrogens with one attached hydrogen (secondary N) is 2. The quantitative estimate of drug-likeness (QED) is 0.274. The van der Waals surface area contributed by atoms with E-state index in [0.717, 1.165) is 4.88 Å². The van der Waals surface area contributed by atoms with Crippen LogP contribution in [0.5, 0.6) is 5.88 Å². The van der Waals surface area contributed by atoms with Gasteiger partial charge in [-0.3, -0.25) is 19.1 Å². The van der Waals surface area contributed by atoms with E-state index in [9.17, 15) is 27.9 Å². The average Bonchev–Trinajstić information content (AvgIpc) is 3.76. The number of aromatic nitrogens is 2. The van der Waals surface area contributed by atoms with Gasteiger partial charge in [-0.25, -0.2) is 13.4 Å². The Bertz CT molecular complexity index is 1760. The van der Waals surface area contributed by atoms with E-state index in [0.29, 0.717) is 24.1 Å². The molecule has 13 nitrogen and oxygen atoms in total. The van der Waals surface area contributed by atoms with Crippen molar-refractivity contribution in [2.45, 2.75) is 75.5 Å². The highest BCUT2D eigenvalue weighted by Gasteiger charge is 2.62. The van der Waals surface area contributed by atoms with E-state index in [1.54, 1.807) is 26.8 Å². The van der Waals surface area contributed by atoms with Crippen molar-refractivity contribution >= 4 is 50.3 Å². The van der Waals surface area contributed by atoms with Crippen molar-refractivity contribution in [1.82, 2.24) is 24.9 Å². The first-order valence-corrected chi connectivity index (χ1v) is 17.1. The van der Waals surface area contributed by atoms with E-state index in [2.05, 4.69) is 26.6 Å². The molecule has 240 valence electrons. The summed E-state index contributed by atoms with van der Waals surface area (Å²) in [6.45, 7) is 8.78. The van der Waals surface area contributed by atoms with Crippen LogP contribution in [0.15, 0.2) is 46.9 Å². The standard InChI is InChI=1S/C30H35N5O8S2/c1-5-16-14-30(16,28(39)34-45(40,41)18-8-9-18)33-24(37)20-13-17(15-35(20)27(38)23(36)29(2,3)4)43-26-22(21-7-6-12-44-21)31-19-10-11-42-25(19)32-26/h5-7,10-12,16-18,20,23,36H,1,8-9,13-15H2,2-4H3,(H,33,37)(H,34,39)/t16-,17-,20+,23-,30-/m1/s1. The number of hydrogen-bond donors (Lipinski definition) is 3. The Morgan fingerprint density at radius 3 is 2.64 bits per heavy atom. The first kappa shape index (κ1) is 31.2. The monoisotopic (exact) mass is 657 g/mol. The molecule has 0 aromatic carbocycles. The van der Waals surface area contributed by atoms with E-state index >= 15 is 0 Å². The molecule has 2 saturated carbocycles. The fourth-order valence-corrected chi connectivity index (χ4v) is 7.58. The summed E-state index contributed by atoms with van der Waals surface area (Å²) >= 11 is 1.44. The number of sulfonamides is 1. The Morgan fingerprint density at radius 1 is 1.27 bits per heavy atom. The van der Waals surface area contributed by atoms with Crippen LogP contribution in [0.4, 0.5) is 0 Å². The van der Waals surface area contributed by atoms with E-state index in [1.165, 1.54) is 28.6 Å². The van der Waals surface area contributed by atoms with E-state index in [4.69, 9.17) is 9.15 Å². The number of carbonyl (C=O) groups is 3. The van der Waals surface area contributed by atoms with Crippen LogP contribution in [0.2, 0.25) is 0 Å². The second-order valence-corrected chi connectivity index (χ2v) is 15.8. The lowest BCUT2D eigenvalue weighted by atomic mass is 9.88. The van der Waals surface area contributed by atoms with Crippen LogP contribution in [-0.2, 0) is 24.4 Å². The van der Waals surface area contributed by atoms with Crippen LogP contribution in [0, 0.1) is 11.3 Å². The van der Waals surface area contributed by atoms with Gasteiger partial charge in [-0.2, -0.15) is 4.98 Å². The predicted molar refractivity (Wildman–Crippen MR) is 164 cm³/mol. The number of amides is 3. The van der Waals surface area contributed by atoms with Crippen molar-refractivity contribution in [2.75, 3.05) is 6.54 Å². The van der Waals surface area contributed by atoms with Crippen molar-refractivity contribution in [3.63, 3.8) is 0 Å². The molecule has 3 amide bonds. The Morgan fingerprint density at radius 2 is 2.02 bits per heavy atom. The van der Waals surface area contributed by atoms with Gasteiger partial charge < -0.3 is 24.5 Å². The second-order valence-electron chi connectivity index (χ2n) is 12.9. The highest BCUT2D eigenvalue weighted by atomic mass is 32.2. The minimum Gasteiger partial charge on any atom is -0.471 e. The van der Waals surface area contributed by atoms with Gasteiger partial charge >= 0.3 is 0 Å². The Hall–Kier alpha value is -3.82. The number of rotatable bonds is 10. The largest absolute Gasteiger partial charge is 0.471 e. The SMILES string of the molecule is C=C[C@@H]1C[C@]1(NC(=O)[C@@H]1C[C@@H](Oc2nc3occc3nc2-c2cccs2)CN1C(=O)[C@@H](O)C(C)(C)C)C(=O)NS(=O)(=O)C1CC1. The Labute approximate surface area is 264 Å². The number of aliphatic hydroxyl groups excluding tert-OH is 1. The highest BCUT2D eigenvalue weighted by Crippen LogP contribution is 2.45. The summed E-state index contributed by atoms with van der Waals surface area (Å²) < 4.78 is 38.9. The summed E-state index contributed by atoms with van der Waals surface area (Å²) in [6, 6.07) is 4.28. The Balaban J connectivity index is 1.28. The van der Waals surface area contributed by atoms with Crippen molar-refractivity contribution < 1.29 is 37.1 Å². The zero-order chi connectivity index (χ0) is 32.3. The topological polar surface area (TPSA) is 181 Å². The lowest BCUT2D eigenvalue weighted by Gasteiger charge is -2.32. The number of carbonyl (C=O) groups excluding carboxylic acids is 3. The molecule has 3 aliphatic rings. The summed E-state index contributed by atoms with van der Waals surface area (Å²) in [5, 5.41) is 14.9. The van der Waals surface area contributed by atoms with Crippen LogP contribution >= 0.6 is 11.3 Å². The van der Waals surface area contributed by atoms with Gasteiger partial charge in [0.2, 0.25) is 27.5 Å². The molecule has 3 N–H and O–H groups in total. The summed E-state index contributed by atoms with van der Waals surface area (Å²) in [7, 11) is -3.87. The number of nitrogens with zero attached hydrogens (tertiary/aromatic N) is 3. The molecule has 2 aliphatic carbocycles. The summed E-state index contributed by atoms with van der Waals surface area (Å²) in [5.74, 6) is -2.54. The minimum absolute atomic E-state index is 0.00696. The molecule has 15 heteroatoms. The minimum atomic E-state index is -3.87. The summed E-state index contributed by atoms with van der Waals surface area (Å²) in [6.07, 6.45) is 1.88. The summed E-state index contributed by atoms with van der Waals surface area (Å²) in [5.41, 5.74) is -1.10. The van der Waals surface area contributed by atoms with Crippen LogP contribution in [0.3, 0.4) is 0 Å². The molecule has 3 aromatic rings. The molecule has 0 spiro atoms. The maximum Gasteiger partial charge on any atom is 0.259 e. The van der Waals surface area contributed by atoms with Crippen LogP contribution in [0.25, 0.3) is 21.8 Å². The van der Waals surface area contributed by atoms with Gasteiger partial charge in [0.1, 0.15) is 35.0 Å². The van der Waals surface area contributed by atoms with Crippen LogP contribution in [0.1, 0.15) is 46.5 Å². The number of hydrogen-bond acceptors (Lipinski definition) is 11. The lowest BCUT2D eigenvalue weighted by molar-refractivity contribution is -0.150. The van der Waals surface area contributed by atoms with Gasteiger partial charge in [-0.1, -0.05) is 32.9 Å². The van der Waals surface area contributed by atoms with Crippen molar-refractivity contribution in [3.8, 4) is 16.5 Å². The smallest absolute Gasteiger partial charge is 0.259 e. The lowest BCUT2D eigenvalue weighted by Crippen LogP contribution is -2.57. The number of furan rings is 1. The number of aliphatic hydroxyl groups is 1. The molecular formula is C30H35N5O8S2. The van der Waals surface area contributed by atoms with E-state index in [-0.39, 0.29) is 31.0 Å². The molecule has 45 heavy (non-hydrogen) atoms. The first-order valence-electron chi connectivity index (χ1n) is 14.7. The van der Waals surface area contributed by atoms with Gasteiger partial charge in [0.25, 0.3) is 11.8 Å². The highest BCUT2D eigenvalue weighted by molar-refractivity contribution is 7.91. The molecular weight excluding hydrogens is 622 g/mol. The average molecular weight is 658 g/mol. The van der Waals surface area contributed by atoms with Gasteiger partial charge in [-0.05, 0) is 36.1 Å². The van der Waals surface area contributed by atoms with Gasteiger partial charge in [0.15, 0.2) is 0 Å². The molecule has 1 aliphatic heterocycles. The third-order valence-electron chi connectivity index (χ3n) is 8.45. The number of ether oxygens (including phenoxy) is 1. The maximum atomic E-state index is 13.9. The van der Waals surface area contributed by atoms with E-state index < -0.39 is 68.1 Å². The fourth-order valence-electron chi connectivity index (χ4n) is 5.51. The van der Waals surface area contributed by atoms with Crippen LogP contribution in [-0.4, -0.2) is 81.7 Å². The van der Waals surface area contributed by atoms with Crippen LogP contribution < -0.4 is 14.8 Å². The maximum absolute atomic E-state index is 13.9. The molecule has 3 fully saturated rings. The number of thiophene rings is 1. The molecule has 0 radical (unpaired) electrons. The van der Waals surface area contributed by atoms with Gasteiger partial charge in [-0.15, -0.1) is 17.9 Å². The van der Waals surface area contributed by atoms with Crippen molar-refractivity contribution in [3.05, 3.63) is 42.5 Å². The molecule has 0 bridgehead atoms. The number of fused-ring (bicyclic) bond motifs is 1. The van der Waals surface area contributed by atoms with Crippen molar-refractivity contribution in [2.24, 2.45) is 11.3 Å². The van der Waals surface area contributed by atoms with Gasteiger partial charge in [0, 0.05) is 18.4 Å². The fraction of sp³-hybridized carbons (Fsp3) is 0.500. The Kier molecular flexibility index (Phi) is 7.77. The molecule has 3 aromatic heterocycles. The first-order chi connectivity index (χ1) is 21.2. The molecule has 6 rings (SSSR count). The second kappa shape index (κ2) is 11.2. The third kappa shape index (κ3) is 5.95. The van der Waals surface area contributed by atoms with Gasteiger partial charge in [0.05, 0.1) is 22.9 Å². The molecule has 4 heterocycles. The zero-order valence-corrected chi connectivity index (χ0v) is 26.7. The zero-order valence-electron chi connectivity index (χ0n) is 25.1. The molecule has 5 atom stereocenters. The predicted octanol–water partition coefficient (Wildman–Crippen LogP) is 2.38. The molecule has 0 unspecified atom stereocenters. The number of likely N-dealkylation sites (tertiary alicyclic amines) is 1. The van der Waals surface area contributed by atoms with E-state index in [1.807, 2.05) is 17.5 Å². The van der Waals surface area contributed by atoms with Crippen molar-refractivity contribution in [1.29, 1.82) is 0 Å². The molecule has 1 saturated heterocycles.